The average molecular weight is 230 g/mol. The van der Waals surface area contributed by atoms with Crippen LogP contribution in [0.25, 0.3) is 0 Å². The van der Waals surface area contributed by atoms with Gasteiger partial charge in [0.15, 0.2) is 0 Å². The van der Waals surface area contributed by atoms with Gasteiger partial charge in [0.1, 0.15) is 12.4 Å². The topological polar surface area (TPSA) is 44.5 Å². The first kappa shape index (κ1) is 12.3. The molecule has 0 radical (unpaired) electrons. The molecule has 0 bridgehead atoms. The Morgan fingerprint density at radius 1 is 1.27 bits per heavy atom. The first-order valence-electron chi connectivity index (χ1n) is 4.91. The Balaban J connectivity index is 2.28. The van der Waals surface area contributed by atoms with Crippen molar-refractivity contribution >= 4 is 11.6 Å². The Labute approximate surface area is 95.1 Å². The molecule has 0 heterocycles. The summed E-state index contributed by atoms with van der Waals surface area (Å²) >= 11 is 5.89. The number of ether oxygens (including phenoxy) is 2. The van der Waals surface area contributed by atoms with Crippen LogP contribution < -0.4 is 10.5 Å². The van der Waals surface area contributed by atoms with Crippen molar-refractivity contribution < 1.29 is 9.47 Å². The number of hydrogen-bond acceptors (Lipinski definition) is 3. The summed E-state index contributed by atoms with van der Waals surface area (Å²) in [4.78, 5) is 0. The van der Waals surface area contributed by atoms with Crippen molar-refractivity contribution in [1.29, 1.82) is 0 Å². The van der Waals surface area contributed by atoms with E-state index in [2.05, 4.69) is 0 Å². The van der Waals surface area contributed by atoms with E-state index in [1.165, 1.54) is 0 Å². The van der Waals surface area contributed by atoms with E-state index in [-0.39, 0.29) is 0 Å². The van der Waals surface area contributed by atoms with Crippen molar-refractivity contribution in [3.05, 3.63) is 28.8 Å². The zero-order valence-corrected chi connectivity index (χ0v) is 9.59. The molecule has 0 aliphatic carbocycles. The van der Waals surface area contributed by atoms with Crippen LogP contribution in [0.15, 0.2) is 18.2 Å². The van der Waals surface area contributed by atoms with Crippen LogP contribution in [0.3, 0.4) is 0 Å². The molecule has 2 N–H and O–H groups in total. The van der Waals surface area contributed by atoms with E-state index in [0.717, 1.165) is 16.3 Å². The monoisotopic (exact) mass is 229 g/mol. The van der Waals surface area contributed by atoms with Gasteiger partial charge < -0.3 is 15.2 Å². The lowest BCUT2D eigenvalue weighted by Crippen LogP contribution is -2.13. The lowest BCUT2D eigenvalue weighted by atomic mass is 10.2. The molecule has 0 saturated carbocycles. The molecular weight excluding hydrogens is 214 g/mol. The van der Waals surface area contributed by atoms with Gasteiger partial charge in [-0.1, -0.05) is 11.6 Å². The van der Waals surface area contributed by atoms with Gasteiger partial charge in [-0.05, 0) is 30.7 Å². The molecule has 15 heavy (non-hydrogen) atoms. The van der Waals surface area contributed by atoms with E-state index in [1.54, 1.807) is 0 Å². The molecule has 1 aromatic carbocycles. The zero-order chi connectivity index (χ0) is 11.1. The molecule has 84 valence electrons. The van der Waals surface area contributed by atoms with Crippen molar-refractivity contribution in [2.75, 3.05) is 26.4 Å². The summed E-state index contributed by atoms with van der Waals surface area (Å²) < 4.78 is 10.6. The van der Waals surface area contributed by atoms with Gasteiger partial charge in [0, 0.05) is 11.6 Å². The molecule has 0 unspecified atom stereocenters. The predicted molar refractivity (Wildman–Crippen MR) is 61.6 cm³/mol. The fourth-order valence-corrected chi connectivity index (χ4v) is 1.23. The van der Waals surface area contributed by atoms with E-state index in [1.807, 2.05) is 25.1 Å². The summed E-state index contributed by atoms with van der Waals surface area (Å²) in [5.74, 6) is 0.813. The van der Waals surface area contributed by atoms with Crippen molar-refractivity contribution in [3.63, 3.8) is 0 Å². The second-order valence-electron chi connectivity index (χ2n) is 3.16. The van der Waals surface area contributed by atoms with Crippen LogP contribution in [0.4, 0.5) is 0 Å². The summed E-state index contributed by atoms with van der Waals surface area (Å²) in [6, 6.07) is 5.58. The fraction of sp³-hybridized carbons (Fsp3) is 0.455. The molecule has 0 aliphatic rings. The average Bonchev–Trinajstić information content (AvgIpc) is 2.23. The Morgan fingerprint density at radius 3 is 2.73 bits per heavy atom. The summed E-state index contributed by atoms with van der Waals surface area (Å²) in [6.45, 7) is 4.14. The summed E-state index contributed by atoms with van der Waals surface area (Å²) in [7, 11) is 0. The van der Waals surface area contributed by atoms with Crippen LogP contribution in [0, 0.1) is 6.92 Å². The summed E-state index contributed by atoms with van der Waals surface area (Å²) in [5, 5.41) is 0.752. The minimum atomic E-state index is 0.529. The SMILES string of the molecule is Cc1cc(OCCOCCN)ccc1Cl. The lowest BCUT2D eigenvalue weighted by Gasteiger charge is -2.07. The van der Waals surface area contributed by atoms with Gasteiger partial charge in [-0.15, -0.1) is 0 Å². The zero-order valence-electron chi connectivity index (χ0n) is 8.83. The third-order valence-corrected chi connectivity index (χ3v) is 2.31. The maximum absolute atomic E-state index is 5.89. The Bertz CT molecular complexity index is 305. The predicted octanol–water partition coefficient (Wildman–Crippen LogP) is 2.00. The van der Waals surface area contributed by atoms with Crippen molar-refractivity contribution in [3.8, 4) is 5.75 Å². The molecule has 1 rings (SSSR count). The highest BCUT2D eigenvalue weighted by atomic mass is 35.5. The fourth-order valence-electron chi connectivity index (χ4n) is 1.11. The van der Waals surface area contributed by atoms with E-state index in [9.17, 15) is 0 Å². The van der Waals surface area contributed by atoms with Crippen LogP contribution in [-0.4, -0.2) is 26.4 Å². The van der Waals surface area contributed by atoms with Gasteiger partial charge in [0.05, 0.1) is 13.2 Å². The number of halogens is 1. The van der Waals surface area contributed by atoms with Crippen molar-refractivity contribution in [2.45, 2.75) is 6.92 Å². The second-order valence-corrected chi connectivity index (χ2v) is 3.57. The molecular formula is C11H16ClNO2. The van der Waals surface area contributed by atoms with E-state index < -0.39 is 0 Å². The normalized spacial score (nSPS) is 10.3. The molecule has 4 heteroatoms. The second kappa shape index (κ2) is 6.67. The quantitative estimate of drug-likeness (QED) is 0.759. The standard InChI is InChI=1S/C11H16ClNO2/c1-9-8-10(2-3-11(9)12)15-7-6-14-5-4-13/h2-3,8H,4-7,13H2,1H3. The first-order valence-corrected chi connectivity index (χ1v) is 5.28. The lowest BCUT2D eigenvalue weighted by molar-refractivity contribution is 0.106. The van der Waals surface area contributed by atoms with Crippen molar-refractivity contribution in [2.24, 2.45) is 5.73 Å². The first-order chi connectivity index (χ1) is 7.24. The third-order valence-electron chi connectivity index (χ3n) is 1.89. The van der Waals surface area contributed by atoms with E-state index in [0.29, 0.717) is 26.4 Å². The molecule has 0 spiro atoms. The molecule has 3 nitrogen and oxygen atoms in total. The van der Waals surface area contributed by atoms with Gasteiger partial charge in [-0.2, -0.15) is 0 Å². The van der Waals surface area contributed by atoms with Crippen LogP contribution >= 0.6 is 11.6 Å². The Hall–Kier alpha value is -0.770. The molecule has 0 atom stereocenters. The molecule has 0 amide bonds. The minimum Gasteiger partial charge on any atom is -0.491 e. The number of nitrogens with two attached hydrogens (primary N) is 1. The van der Waals surface area contributed by atoms with Gasteiger partial charge in [0.25, 0.3) is 0 Å². The van der Waals surface area contributed by atoms with E-state index >= 15 is 0 Å². The highest BCUT2D eigenvalue weighted by Gasteiger charge is 1.98. The molecule has 0 saturated heterocycles. The van der Waals surface area contributed by atoms with Crippen LogP contribution in [0.5, 0.6) is 5.75 Å². The molecule has 1 aromatic rings. The highest BCUT2D eigenvalue weighted by Crippen LogP contribution is 2.20. The minimum absolute atomic E-state index is 0.529. The van der Waals surface area contributed by atoms with Gasteiger partial charge >= 0.3 is 0 Å². The Morgan fingerprint density at radius 2 is 2.07 bits per heavy atom. The highest BCUT2D eigenvalue weighted by molar-refractivity contribution is 6.31. The van der Waals surface area contributed by atoms with Crippen molar-refractivity contribution in [1.82, 2.24) is 0 Å². The van der Waals surface area contributed by atoms with Gasteiger partial charge in [0.2, 0.25) is 0 Å². The van der Waals surface area contributed by atoms with Crippen LogP contribution in [0.2, 0.25) is 5.02 Å². The summed E-state index contributed by atoms with van der Waals surface area (Å²) in [6.07, 6.45) is 0. The molecule has 0 aromatic heterocycles. The number of aryl methyl sites for hydroxylation is 1. The molecule has 0 fully saturated rings. The third kappa shape index (κ3) is 4.51. The smallest absolute Gasteiger partial charge is 0.119 e. The maximum Gasteiger partial charge on any atom is 0.119 e. The van der Waals surface area contributed by atoms with Crippen LogP contribution in [-0.2, 0) is 4.74 Å². The maximum atomic E-state index is 5.89. The van der Waals surface area contributed by atoms with Gasteiger partial charge in [-0.3, -0.25) is 0 Å². The number of rotatable bonds is 6. The van der Waals surface area contributed by atoms with Crippen LogP contribution in [0.1, 0.15) is 5.56 Å². The van der Waals surface area contributed by atoms with E-state index in [4.69, 9.17) is 26.8 Å². The Kier molecular flexibility index (Phi) is 5.47. The summed E-state index contributed by atoms with van der Waals surface area (Å²) in [5.41, 5.74) is 6.29. The molecule has 0 aliphatic heterocycles. The number of hydrogen-bond donors (Lipinski definition) is 1. The van der Waals surface area contributed by atoms with Gasteiger partial charge in [-0.25, -0.2) is 0 Å². The number of benzene rings is 1. The largest absolute Gasteiger partial charge is 0.491 e.